The van der Waals surface area contributed by atoms with Crippen molar-refractivity contribution in [2.24, 2.45) is 12.2 Å². The number of carbonyl (C=O) groups excluding carboxylic acids is 1. The van der Waals surface area contributed by atoms with Crippen LogP contribution in [-0.2, 0) is 38.3 Å². The number of carbonyl (C=O) groups is 1. The van der Waals surface area contributed by atoms with E-state index < -0.39 is 32.0 Å². The number of hydrogen-bond acceptors (Lipinski definition) is 9. The summed E-state index contributed by atoms with van der Waals surface area (Å²) in [7, 11) is -6.54. The summed E-state index contributed by atoms with van der Waals surface area (Å²) in [5, 5.41) is 15.9. The minimum Gasteiger partial charge on any atom is -0.309 e. The minimum absolute atomic E-state index is 0.0699. The number of nitrogens with zero attached hydrogens (tertiary/aromatic N) is 4. The average molecular weight is 449 g/mol. The van der Waals surface area contributed by atoms with Gasteiger partial charge in [-0.3, -0.25) is 9.48 Å². The summed E-state index contributed by atoms with van der Waals surface area (Å²) in [4.78, 5) is 12.7. The Kier molecular flexibility index (Phi) is 5.60. The maximum atomic E-state index is 13.0. The quantitative estimate of drug-likeness (QED) is 0.589. The number of nitrogens with one attached hydrogen (secondary N) is 1. The molecule has 14 heteroatoms. The number of primary sulfonamides is 1. The van der Waals surface area contributed by atoms with Crippen LogP contribution in [0.5, 0.6) is 0 Å². The van der Waals surface area contributed by atoms with Gasteiger partial charge >= 0.3 is 0 Å². The number of likely N-dealkylation sites (N-methyl/N-ethyl adjacent to an activating group) is 1. The highest BCUT2D eigenvalue weighted by Crippen LogP contribution is 2.40. The number of hydrogen-bond donors (Lipinski definition) is 2. The maximum Gasteiger partial charge on any atom is 0.276 e. The molecule has 0 radical (unpaired) electrons. The van der Waals surface area contributed by atoms with Gasteiger partial charge in [0.1, 0.15) is 8.42 Å². The molecule has 3 N–H and O–H groups in total. The van der Waals surface area contributed by atoms with Gasteiger partial charge in [0, 0.05) is 31.6 Å². The predicted octanol–water partition coefficient (Wildman–Crippen LogP) is -0.662. The Morgan fingerprint density at radius 1 is 1.46 bits per heavy atom. The number of sulfonamides is 2. The highest BCUT2D eigenvalue weighted by Gasteiger charge is 2.42. The second kappa shape index (κ2) is 7.51. The largest absolute Gasteiger partial charge is 0.309 e. The van der Waals surface area contributed by atoms with Crippen LogP contribution >= 0.6 is 11.3 Å². The van der Waals surface area contributed by atoms with Crippen molar-refractivity contribution >= 4 is 37.3 Å². The van der Waals surface area contributed by atoms with Crippen molar-refractivity contribution in [1.82, 2.24) is 24.6 Å². The van der Waals surface area contributed by atoms with Crippen LogP contribution in [0, 0.1) is 0 Å². The van der Waals surface area contributed by atoms with Crippen LogP contribution in [0.25, 0.3) is 0 Å². The zero-order valence-electron chi connectivity index (χ0n) is 15.2. The lowest BCUT2D eigenvalue weighted by Crippen LogP contribution is -2.46. The summed E-state index contributed by atoms with van der Waals surface area (Å²) in [5.41, 5.74) is 0.885. The van der Waals surface area contributed by atoms with Gasteiger partial charge in [0.25, 0.3) is 10.0 Å². The lowest BCUT2D eigenvalue weighted by Gasteiger charge is -2.32. The standard InChI is InChI=1S/C14H20N6O5S3/c1-3-16-11-8-20(12(21)5-4-9-7-19(2)18-17-9)28(24,25)14-10(11)6-13(26-14)27(15,22)23/h6-7,11,16H,3-5,8H2,1-2H3,(H2,15,22,23). The van der Waals surface area contributed by atoms with Gasteiger partial charge in [0.2, 0.25) is 15.9 Å². The molecular weight excluding hydrogens is 428 g/mol. The Morgan fingerprint density at radius 3 is 2.75 bits per heavy atom. The minimum atomic E-state index is -4.17. The third-order valence-electron chi connectivity index (χ3n) is 4.20. The first-order valence-corrected chi connectivity index (χ1v) is 12.1. The molecule has 2 aromatic rings. The highest BCUT2D eigenvalue weighted by atomic mass is 32.3. The number of nitrogens with two attached hydrogens (primary N) is 1. The molecule has 154 valence electrons. The Bertz CT molecular complexity index is 1100. The molecule has 1 aliphatic heterocycles. The SMILES string of the molecule is CCNC1CN(C(=O)CCc2cn(C)nn2)S(=O)(=O)c2sc(S(N)(=O)=O)cc21. The third kappa shape index (κ3) is 3.96. The van der Waals surface area contributed by atoms with Crippen LogP contribution in [-0.4, -0.2) is 55.1 Å². The molecule has 0 bridgehead atoms. The summed E-state index contributed by atoms with van der Waals surface area (Å²) in [6, 6.07) is 0.748. The van der Waals surface area contributed by atoms with Gasteiger partial charge in [-0.25, -0.2) is 26.3 Å². The molecule has 1 atom stereocenters. The van der Waals surface area contributed by atoms with Gasteiger partial charge in [-0.15, -0.1) is 16.4 Å². The second-order valence-corrected chi connectivity index (χ2v) is 11.2. The molecule has 0 aliphatic carbocycles. The molecule has 28 heavy (non-hydrogen) atoms. The zero-order valence-corrected chi connectivity index (χ0v) is 17.6. The van der Waals surface area contributed by atoms with Gasteiger partial charge < -0.3 is 5.32 Å². The van der Waals surface area contributed by atoms with Crippen molar-refractivity contribution in [2.45, 2.75) is 34.2 Å². The van der Waals surface area contributed by atoms with E-state index in [-0.39, 0.29) is 27.8 Å². The zero-order chi connectivity index (χ0) is 20.7. The molecule has 0 spiro atoms. The highest BCUT2D eigenvalue weighted by molar-refractivity contribution is 7.94. The molecule has 0 saturated heterocycles. The van der Waals surface area contributed by atoms with Crippen molar-refractivity contribution < 1.29 is 21.6 Å². The van der Waals surface area contributed by atoms with Crippen molar-refractivity contribution in [2.75, 3.05) is 13.1 Å². The number of amides is 1. The summed E-state index contributed by atoms with van der Waals surface area (Å²) in [5.74, 6) is -0.593. The fraction of sp³-hybridized carbons (Fsp3) is 0.500. The molecule has 0 saturated carbocycles. The normalized spacial score (nSPS) is 18.8. The third-order valence-corrected chi connectivity index (χ3v) is 9.09. The van der Waals surface area contributed by atoms with Crippen molar-refractivity contribution in [1.29, 1.82) is 0 Å². The molecule has 1 aliphatic rings. The van der Waals surface area contributed by atoms with E-state index in [0.717, 1.165) is 4.31 Å². The topological polar surface area (TPSA) is 157 Å². The molecule has 1 unspecified atom stereocenters. The predicted molar refractivity (Wildman–Crippen MR) is 100 cm³/mol. The number of fused-ring (bicyclic) bond motifs is 1. The first-order chi connectivity index (χ1) is 13.0. The van der Waals surface area contributed by atoms with Gasteiger partial charge in [0.05, 0.1) is 18.3 Å². The lowest BCUT2D eigenvalue weighted by molar-refractivity contribution is -0.126. The average Bonchev–Trinajstić information content (AvgIpc) is 3.22. The Labute approximate surface area is 166 Å². The molecule has 0 fully saturated rings. The van der Waals surface area contributed by atoms with E-state index in [0.29, 0.717) is 29.1 Å². The van der Waals surface area contributed by atoms with Crippen LogP contribution in [0.3, 0.4) is 0 Å². The van der Waals surface area contributed by atoms with Gasteiger partial charge in [0.15, 0.2) is 0 Å². The monoisotopic (exact) mass is 448 g/mol. The Morgan fingerprint density at radius 2 is 2.18 bits per heavy atom. The van der Waals surface area contributed by atoms with E-state index >= 15 is 0 Å². The van der Waals surface area contributed by atoms with E-state index in [1.165, 1.54) is 10.7 Å². The maximum absolute atomic E-state index is 13.0. The molecular formula is C14H20N6O5S3. The Balaban J connectivity index is 1.92. The fourth-order valence-corrected chi connectivity index (χ4v) is 7.16. The van der Waals surface area contributed by atoms with E-state index in [9.17, 15) is 21.6 Å². The van der Waals surface area contributed by atoms with Crippen LogP contribution in [0.2, 0.25) is 0 Å². The fourth-order valence-electron chi connectivity index (χ4n) is 2.94. The van der Waals surface area contributed by atoms with Crippen LogP contribution < -0.4 is 10.5 Å². The van der Waals surface area contributed by atoms with Crippen LogP contribution in [0.4, 0.5) is 0 Å². The molecule has 2 aromatic heterocycles. The van der Waals surface area contributed by atoms with Gasteiger partial charge in [-0.1, -0.05) is 12.1 Å². The second-order valence-electron chi connectivity index (χ2n) is 6.28. The number of aryl methyl sites for hydroxylation is 2. The van der Waals surface area contributed by atoms with Crippen LogP contribution in [0.1, 0.15) is 30.6 Å². The summed E-state index contributed by atoms with van der Waals surface area (Å²) in [6.45, 7) is 2.21. The van der Waals surface area contributed by atoms with E-state index in [1.54, 1.807) is 13.2 Å². The van der Waals surface area contributed by atoms with Crippen molar-refractivity contribution in [3.63, 3.8) is 0 Å². The first-order valence-electron chi connectivity index (χ1n) is 8.34. The van der Waals surface area contributed by atoms with Crippen LogP contribution in [0.15, 0.2) is 20.7 Å². The van der Waals surface area contributed by atoms with Gasteiger partial charge in [-0.05, 0) is 12.6 Å². The summed E-state index contributed by atoms with van der Waals surface area (Å²) in [6.07, 6.45) is 1.82. The molecule has 3 heterocycles. The smallest absolute Gasteiger partial charge is 0.276 e. The van der Waals surface area contributed by atoms with Crippen molar-refractivity contribution in [3.8, 4) is 0 Å². The van der Waals surface area contributed by atoms with E-state index in [1.807, 2.05) is 6.92 Å². The number of rotatable bonds is 6. The number of thiophene rings is 1. The first kappa shape index (κ1) is 20.9. The molecule has 11 nitrogen and oxygen atoms in total. The molecule has 1 amide bonds. The summed E-state index contributed by atoms with van der Waals surface area (Å²) >= 11 is 0.557. The number of aromatic nitrogens is 3. The Hall–Kier alpha value is -1.87. The van der Waals surface area contributed by atoms with E-state index in [2.05, 4.69) is 15.6 Å². The molecule has 0 aromatic carbocycles. The van der Waals surface area contributed by atoms with E-state index in [4.69, 9.17) is 5.14 Å². The van der Waals surface area contributed by atoms with Crippen molar-refractivity contribution in [3.05, 3.63) is 23.5 Å². The molecule has 3 rings (SSSR count). The summed E-state index contributed by atoms with van der Waals surface area (Å²) < 4.78 is 51.2. The van der Waals surface area contributed by atoms with Gasteiger partial charge in [-0.2, -0.15) is 0 Å². The lowest BCUT2D eigenvalue weighted by atomic mass is 10.1.